The summed E-state index contributed by atoms with van der Waals surface area (Å²) in [6, 6.07) is 9.75. The van der Waals surface area contributed by atoms with Gasteiger partial charge in [-0.2, -0.15) is 13.2 Å². The summed E-state index contributed by atoms with van der Waals surface area (Å²) in [5.74, 6) is 0.375. The lowest BCUT2D eigenvalue weighted by molar-refractivity contribution is -0.137. The van der Waals surface area contributed by atoms with Gasteiger partial charge in [0.25, 0.3) is 0 Å². The summed E-state index contributed by atoms with van der Waals surface area (Å²) in [6.45, 7) is 4.00. The van der Waals surface area contributed by atoms with Crippen molar-refractivity contribution in [3.8, 4) is 0 Å². The molecule has 1 aliphatic heterocycles. The second-order valence-electron chi connectivity index (χ2n) is 6.88. The van der Waals surface area contributed by atoms with Crippen LogP contribution in [0.25, 0.3) is 5.57 Å². The molecule has 1 amide bonds. The second kappa shape index (κ2) is 8.86. The van der Waals surface area contributed by atoms with Crippen LogP contribution < -0.4 is 4.90 Å². The molecule has 8 heteroatoms. The van der Waals surface area contributed by atoms with Crippen molar-refractivity contribution >= 4 is 28.9 Å². The number of allylic oxidation sites excluding steroid dienone is 1. The van der Waals surface area contributed by atoms with Gasteiger partial charge in [0.15, 0.2) is 0 Å². The molecule has 0 bridgehead atoms. The van der Waals surface area contributed by atoms with E-state index in [0.717, 1.165) is 23.4 Å². The number of anilines is 1. The molecule has 0 saturated carbocycles. The van der Waals surface area contributed by atoms with Crippen LogP contribution in [-0.4, -0.2) is 42.0 Å². The van der Waals surface area contributed by atoms with E-state index in [1.165, 1.54) is 6.07 Å². The van der Waals surface area contributed by atoms with Gasteiger partial charge in [0.1, 0.15) is 5.82 Å². The van der Waals surface area contributed by atoms with E-state index in [1.807, 2.05) is 30.0 Å². The maximum atomic E-state index is 12.7. The van der Waals surface area contributed by atoms with Crippen molar-refractivity contribution < 1.29 is 18.0 Å². The number of carbonyl (C=O) groups is 1. The molecule has 1 aliphatic rings. The summed E-state index contributed by atoms with van der Waals surface area (Å²) in [4.78, 5) is 20.3. The first-order valence-electron chi connectivity index (χ1n) is 9.26. The highest BCUT2D eigenvalue weighted by Crippen LogP contribution is 2.29. The van der Waals surface area contributed by atoms with Gasteiger partial charge < -0.3 is 9.80 Å². The first kappa shape index (κ1) is 21.2. The van der Waals surface area contributed by atoms with Crippen LogP contribution in [0.4, 0.5) is 19.0 Å². The van der Waals surface area contributed by atoms with E-state index >= 15 is 0 Å². The zero-order valence-electron chi connectivity index (χ0n) is 15.9. The highest BCUT2D eigenvalue weighted by atomic mass is 35.5. The van der Waals surface area contributed by atoms with Gasteiger partial charge in [-0.3, -0.25) is 4.79 Å². The minimum Gasteiger partial charge on any atom is -0.355 e. The van der Waals surface area contributed by atoms with Gasteiger partial charge in [-0.1, -0.05) is 29.8 Å². The number of aromatic nitrogens is 1. The summed E-state index contributed by atoms with van der Waals surface area (Å²) in [7, 11) is 0. The fourth-order valence-corrected chi connectivity index (χ4v) is 3.53. The van der Waals surface area contributed by atoms with E-state index < -0.39 is 11.7 Å². The van der Waals surface area contributed by atoms with Crippen LogP contribution in [0.3, 0.4) is 0 Å². The maximum Gasteiger partial charge on any atom is 0.417 e. The van der Waals surface area contributed by atoms with Crippen molar-refractivity contribution in [3.05, 3.63) is 64.8 Å². The largest absolute Gasteiger partial charge is 0.417 e. The van der Waals surface area contributed by atoms with Crippen LogP contribution in [0.5, 0.6) is 0 Å². The summed E-state index contributed by atoms with van der Waals surface area (Å²) >= 11 is 6.19. The molecule has 0 radical (unpaired) electrons. The Bertz CT molecular complexity index is 897. The predicted molar refractivity (Wildman–Crippen MR) is 108 cm³/mol. The molecular weight excluding hydrogens is 403 g/mol. The van der Waals surface area contributed by atoms with Crippen LogP contribution in [0.1, 0.15) is 24.5 Å². The molecule has 4 nitrogen and oxygen atoms in total. The van der Waals surface area contributed by atoms with Gasteiger partial charge in [0.05, 0.1) is 5.56 Å². The van der Waals surface area contributed by atoms with Crippen molar-refractivity contribution in [2.45, 2.75) is 19.5 Å². The molecule has 1 aromatic carbocycles. The lowest BCUT2D eigenvalue weighted by Crippen LogP contribution is -2.34. The van der Waals surface area contributed by atoms with Crippen LogP contribution in [0, 0.1) is 0 Å². The number of rotatable bonds is 3. The van der Waals surface area contributed by atoms with Gasteiger partial charge >= 0.3 is 6.18 Å². The standard InChI is InChI=1S/C21H21ClF3N3O/c1-15(17-5-2-3-6-18(17)22)13-20(29)28-10-4-9-27(11-12-28)19-8-7-16(14-26-19)21(23,24)25/h2-3,5-8,13-14H,4,9-12H2,1H3/b15-13+. The van der Waals surface area contributed by atoms with Crippen LogP contribution in [0.15, 0.2) is 48.7 Å². The number of carbonyl (C=O) groups excluding carboxylic acids is 1. The Kier molecular flexibility index (Phi) is 6.47. The molecule has 0 spiro atoms. The number of nitrogens with zero attached hydrogens (tertiary/aromatic N) is 3. The highest BCUT2D eigenvalue weighted by molar-refractivity contribution is 6.32. The number of hydrogen-bond acceptors (Lipinski definition) is 3. The maximum absolute atomic E-state index is 12.7. The third-order valence-corrected chi connectivity index (χ3v) is 5.18. The predicted octanol–water partition coefficient (Wildman–Crippen LogP) is 4.90. The lowest BCUT2D eigenvalue weighted by atomic mass is 10.1. The second-order valence-corrected chi connectivity index (χ2v) is 7.28. The molecule has 2 aromatic rings. The molecule has 0 N–H and O–H groups in total. The van der Waals surface area contributed by atoms with E-state index in [0.29, 0.717) is 43.4 Å². The summed E-state index contributed by atoms with van der Waals surface area (Å²) in [5.41, 5.74) is 0.826. The van der Waals surface area contributed by atoms with Gasteiger partial charge in [0, 0.05) is 43.5 Å². The minimum atomic E-state index is -4.40. The molecule has 2 heterocycles. The average Bonchev–Trinajstić information content (AvgIpc) is 2.94. The molecule has 1 aromatic heterocycles. The Hall–Kier alpha value is -2.54. The SMILES string of the molecule is C/C(=C\C(=O)N1CCCN(c2ccc(C(F)(F)F)cn2)CC1)c1ccccc1Cl. The number of hydrogen-bond donors (Lipinski definition) is 0. The zero-order chi connectivity index (χ0) is 21.0. The molecule has 1 saturated heterocycles. The van der Waals surface area contributed by atoms with Crippen LogP contribution >= 0.6 is 11.6 Å². The molecular formula is C21H21ClF3N3O. The highest BCUT2D eigenvalue weighted by Gasteiger charge is 2.31. The normalized spacial score (nSPS) is 16.0. The van der Waals surface area contributed by atoms with Crippen molar-refractivity contribution in [2.75, 3.05) is 31.1 Å². The van der Waals surface area contributed by atoms with E-state index in [2.05, 4.69) is 4.98 Å². The van der Waals surface area contributed by atoms with E-state index in [-0.39, 0.29) is 5.91 Å². The van der Waals surface area contributed by atoms with Crippen LogP contribution in [-0.2, 0) is 11.0 Å². The Labute approximate surface area is 172 Å². The Balaban J connectivity index is 1.66. The Morgan fingerprint density at radius 2 is 1.86 bits per heavy atom. The lowest BCUT2D eigenvalue weighted by Gasteiger charge is -2.22. The van der Waals surface area contributed by atoms with E-state index in [1.54, 1.807) is 17.0 Å². The van der Waals surface area contributed by atoms with E-state index in [4.69, 9.17) is 11.6 Å². The van der Waals surface area contributed by atoms with Crippen molar-refractivity contribution in [1.29, 1.82) is 0 Å². The smallest absolute Gasteiger partial charge is 0.355 e. The third kappa shape index (κ3) is 5.29. The molecule has 29 heavy (non-hydrogen) atoms. The van der Waals surface area contributed by atoms with E-state index in [9.17, 15) is 18.0 Å². The fourth-order valence-electron chi connectivity index (χ4n) is 3.24. The minimum absolute atomic E-state index is 0.107. The summed E-state index contributed by atoms with van der Waals surface area (Å²) < 4.78 is 38.1. The zero-order valence-corrected chi connectivity index (χ0v) is 16.7. The monoisotopic (exact) mass is 423 g/mol. The number of benzene rings is 1. The van der Waals surface area contributed by atoms with Crippen LogP contribution in [0.2, 0.25) is 5.02 Å². The molecule has 154 valence electrons. The summed E-state index contributed by atoms with van der Waals surface area (Å²) in [6.07, 6.45) is -1.28. The molecule has 0 atom stereocenters. The van der Waals surface area contributed by atoms with Crippen molar-refractivity contribution in [1.82, 2.24) is 9.88 Å². The van der Waals surface area contributed by atoms with Crippen molar-refractivity contribution in [2.24, 2.45) is 0 Å². The quantitative estimate of drug-likeness (QED) is 0.659. The molecule has 3 rings (SSSR count). The van der Waals surface area contributed by atoms with Gasteiger partial charge in [-0.15, -0.1) is 0 Å². The van der Waals surface area contributed by atoms with Gasteiger partial charge in [-0.25, -0.2) is 4.98 Å². The molecule has 0 aliphatic carbocycles. The third-order valence-electron chi connectivity index (χ3n) is 4.85. The van der Waals surface area contributed by atoms with Gasteiger partial charge in [0.2, 0.25) is 5.91 Å². The molecule has 1 fully saturated rings. The number of pyridine rings is 1. The Morgan fingerprint density at radius 1 is 1.10 bits per heavy atom. The fraction of sp³-hybridized carbons (Fsp3) is 0.333. The topological polar surface area (TPSA) is 36.4 Å². The Morgan fingerprint density at radius 3 is 2.52 bits per heavy atom. The number of halogens is 4. The number of alkyl halides is 3. The average molecular weight is 424 g/mol. The first-order chi connectivity index (χ1) is 13.8. The number of amides is 1. The van der Waals surface area contributed by atoms with Crippen molar-refractivity contribution in [3.63, 3.8) is 0 Å². The summed E-state index contributed by atoms with van der Waals surface area (Å²) in [5, 5.41) is 0.587. The van der Waals surface area contributed by atoms with Gasteiger partial charge in [-0.05, 0) is 42.7 Å². The molecule has 0 unspecified atom stereocenters. The first-order valence-corrected chi connectivity index (χ1v) is 9.64.